The highest BCUT2D eigenvalue weighted by Gasteiger charge is 2.36. The summed E-state index contributed by atoms with van der Waals surface area (Å²) in [6.07, 6.45) is 1.51. The van der Waals surface area contributed by atoms with E-state index in [0.717, 1.165) is 18.4 Å². The van der Waals surface area contributed by atoms with E-state index in [4.69, 9.17) is 11.6 Å². The summed E-state index contributed by atoms with van der Waals surface area (Å²) in [5.74, 6) is -0.328. The van der Waals surface area contributed by atoms with Crippen LogP contribution >= 0.6 is 11.6 Å². The lowest BCUT2D eigenvalue weighted by atomic mass is 10.1. The molecule has 1 aliphatic heterocycles. The number of sulfonamides is 1. The third-order valence-electron chi connectivity index (χ3n) is 3.86. The molecule has 0 aromatic heterocycles. The average Bonchev–Trinajstić information content (AvgIpc) is 2.98. The van der Waals surface area contributed by atoms with Gasteiger partial charge in [-0.25, -0.2) is 12.8 Å². The first kappa shape index (κ1) is 15.5. The van der Waals surface area contributed by atoms with E-state index in [0.29, 0.717) is 11.6 Å². The van der Waals surface area contributed by atoms with Crippen molar-refractivity contribution in [2.75, 3.05) is 6.54 Å². The van der Waals surface area contributed by atoms with Gasteiger partial charge in [-0.15, -0.1) is 0 Å². The second-order valence-corrected chi connectivity index (χ2v) is 7.61. The van der Waals surface area contributed by atoms with Crippen molar-refractivity contribution in [3.05, 3.63) is 64.9 Å². The van der Waals surface area contributed by atoms with E-state index in [2.05, 4.69) is 0 Å². The standard InChI is InChI=1S/C16H15ClFNO2S/c17-13-3-1-4-15(11-13)22(20,21)19-10-2-5-16(19)12-6-8-14(18)9-7-12/h1,3-4,6-9,11,16H,2,5,10H2/t16-/m0/s1. The van der Waals surface area contributed by atoms with Crippen LogP contribution in [0.2, 0.25) is 5.02 Å². The van der Waals surface area contributed by atoms with Gasteiger partial charge in [-0.3, -0.25) is 0 Å². The molecule has 1 heterocycles. The molecular formula is C16H15ClFNO2S. The molecule has 6 heteroatoms. The van der Waals surface area contributed by atoms with Crippen molar-refractivity contribution >= 4 is 21.6 Å². The molecule has 2 aromatic carbocycles. The monoisotopic (exact) mass is 339 g/mol. The maximum atomic E-state index is 13.1. The zero-order valence-electron chi connectivity index (χ0n) is 11.7. The Balaban J connectivity index is 1.97. The Hall–Kier alpha value is -1.43. The lowest BCUT2D eigenvalue weighted by molar-refractivity contribution is 0.396. The molecule has 1 aliphatic rings. The fourth-order valence-electron chi connectivity index (χ4n) is 2.81. The highest BCUT2D eigenvalue weighted by Crippen LogP contribution is 2.36. The van der Waals surface area contributed by atoms with Crippen molar-refractivity contribution in [2.24, 2.45) is 0 Å². The first-order valence-corrected chi connectivity index (χ1v) is 8.83. The fourth-order valence-corrected chi connectivity index (χ4v) is 4.79. The van der Waals surface area contributed by atoms with Crippen LogP contribution in [0.5, 0.6) is 0 Å². The largest absolute Gasteiger partial charge is 0.243 e. The van der Waals surface area contributed by atoms with Crippen LogP contribution < -0.4 is 0 Å². The maximum absolute atomic E-state index is 13.1. The van der Waals surface area contributed by atoms with E-state index < -0.39 is 10.0 Å². The van der Waals surface area contributed by atoms with Crippen molar-refractivity contribution in [1.82, 2.24) is 4.31 Å². The van der Waals surface area contributed by atoms with Crippen LogP contribution in [0.15, 0.2) is 53.4 Å². The van der Waals surface area contributed by atoms with E-state index in [1.807, 2.05) is 0 Å². The Kier molecular flexibility index (Phi) is 4.21. The van der Waals surface area contributed by atoms with Crippen molar-refractivity contribution in [2.45, 2.75) is 23.8 Å². The third-order valence-corrected chi connectivity index (χ3v) is 6.00. The maximum Gasteiger partial charge on any atom is 0.243 e. The van der Waals surface area contributed by atoms with Crippen LogP contribution in [-0.4, -0.2) is 19.3 Å². The van der Waals surface area contributed by atoms with Gasteiger partial charge in [0.1, 0.15) is 5.82 Å². The van der Waals surface area contributed by atoms with E-state index in [1.165, 1.54) is 22.5 Å². The molecule has 0 spiro atoms. The Labute approximate surface area is 134 Å². The first-order chi connectivity index (χ1) is 10.5. The van der Waals surface area contributed by atoms with Crippen LogP contribution in [0.25, 0.3) is 0 Å². The molecule has 0 bridgehead atoms. The van der Waals surface area contributed by atoms with Crippen LogP contribution in [0.4, 0.5) is 4.39 Å². The summed E-state index contributed by atoms with van der Waals surface area (Å²) in [5.41, 5.74) is 0.810. The van der Waals surface area contributed by atoms with Gasteiger partial charge in [0.25, 0.3) is 0 Å². The van der Waals surface area contributed by atoms with Crippen molar-refractivity contribution < 1.29 is 12.8 Å². The van der Waals surface area contributed by atoms with Crippen molar-refractivity contribution in [3.8, 4) is 0 Å². The van der Waals surface area contributed by atoms with Crippen molar-refractivity contribution in [3.63, 3.8) is 0 Å². The van der Waals surface area contributed by atoms with E-state index >= 15 is 0 Å². The highest BCUT2D eigenvalue weighted by atomic mass is 35.5. The molecule has 116 valence electrons. The quantitative estimate of drug-likeness (QED) is 0.847. The van der Waals surface area contributed by atoms with Gasteiger partial charge in [0.15, 0.2) is 0 Å². The van der Waals surface area contributed by atoms with Gasteiger partial charge < -0.3 is 0 Å². The van der Waals surface area contributed by atoms with Crippen LogP contribution in [-0.2, 0) is 10.0 Å². The van der Waals surface area contributed by atoms with Crippen LogP contribution in [0.1, 0.15) is 24.4 Å². The second-order valence-electron chi connectivity index (χ2n) is 5.28. The minimum absolute atomic E-state index is 0.189. The van der Waals surface area contributed by atoms with Crippen LogP contribution in [0, 0.1) is 5.82 Å². The number of halogens is 2. The van der Waals surface area contributed by atoms with Gasteiger partial charge in [0.2, 0.25) is 10.0 Å². The van der Waals surface area contributed by atoms with E-state index in [9.17, 15) is 12.8 Å². The third kappa shape index (κ3) is 2.89. The molecule has 3 nitrogen and oxygen atoms in total. The average molecular weight is 340 g/mol. The van der Waals surface area contributed by atoms with Gasteiger partial charge in [-0.1, -0.05) is 29.8 Å². The highest BCUT2D eigenvalue weighted by molar-refractivity contribution is 7.89. The zero-order valence-corrected chi connectivity index (χ0v) is 13.3. The Morgan fingerprint density at radius 3 is 2.55 bits per heavy atom. The molecule has 1 atom stereocenters. The van der Waals surface area contributed by atoms with Gasteiger partial charge in [0, 0.05) is 11.6 Å². The SMILES string of the molecule is O=S(=O)(c1cccc(Cl)c1)N1CCC[C@H]1c1ccc(F)cc1. The summed E-state index contributed by atoms with van der Waals surface area (Å²) in [4.78, 5) is 0.189. The Morgan fingerprint density at radius 2 is 1.86 bits per heavy atom. The lowest BCUT2D eigenvalue weighted by Gasteiger charge is -2.24. The van der Waals surface area contributed by atoms with Crippen LogP contribution in [0.3, 0.4) is 0 Å². The summed E-state index contributed by atoms with van der Waals surface area (Å²) in [5, 5.41) is 0.388. The molecule has 3 rings (SSSR count). The number of hydrogen-bond acceptors (Lipinski definition) is 2. The summed E-state index contributed by atoms with van der Waals surface area (Å²) >= 11 is 5.90. The van der Waals surface area contributed by atoms with Gasteiger partial charge in [-0.05, 0) is 48.7 Å². The number of hydrogen-bond donors (Lipinski definition) is 0. The lowest BCUT2D eigenvalue weighted by Crippen LogP contribution is -2.30. The topological polar surface area (TPSA) is 37.4 Å². The number of benzene rings is 2. The molecule has 0 aliphatic carbocycles. The minimum Gasteiger partial charge on any atom is -0.207 e. The second kappa shape index (κ2) is 5.99. The predicted octanol–water partition coefficient (Wildman–Crippen LogP) is 4.00. The zero-order chi connectivity index (χ0) is 15.7. The summed E-state index contributed by atoms with van der Waals surface area (Å²) in [6.45, 7) is 0.455. The van der Waals surface area contributed by atoms with E-state index in [1.54, 1.807) is 30.3 Å². The normalized spacial score (nSPS) is 19.5. The van der Waals surface area contributed by atoms with Gasteiger partial charge in [0.05, 0.1) is 10.9 Å². The molecule has 0 amide bonds. The molecule has 0 unspecified atom stereocenters. The smallest absolute Gasteiger partial charge is 0.207 e. The Bertz CT molecular complexity index is 777. The summed E-state index contributed by atoms with van der Waals surface area (Å²) < 4.78 is 40.2. The molecule has 2 aromatic rings. The van der Waals surface area contributed by atoms with Crippen molar-refractivity contribution in [1.29, 1.82) is 0 Å². The van der Waals surface area contributed by atoms with E-state index in [-0.39, 0.29) is 16.8 Å². The molecule has 0 N–H and O–H groups in total. The number of nitrogens with zero attached hydrogens (tertiary/aromatic N) is 1. The van der Waals surface area contributed by atoms with Gasteiger partial charge >= 0.3 is 0 Å². The molecule has 1 saturated heterocycles. The predicted molar refractivity (Wildman–Crippen MR) is 83.7 cm³/mol. The number of rotatable bonds is 3. The molecule has 1 fully saturated rings. The molecule has 0 radical (unpaired) electrons. The molecular weight excluding hydrogens is 325 g/mol. The molecule has 0 saturated carbocycles. The fraction of sp³-hybridized carbons (Fsp3) is 0.250. The Morgan fingerprint density at radius 1 is 1.14 bits per heavy atom. The molecule has 22 heavy (non-hydrogen) atoms. The minimum atomic E-state index is -3.61. The van der Waals surface area contributed by atoms with Gasteiger partial charge in [-0.2, -0.15) is 4.31 Å². The first-order valence-electron chi connectivity index (χ1n) is 7.01. The summed E-state index contributed by atoms with van der Waals surface area (Å²) in [7, 11) is -3.61. The summed E-state index contributed by atoms with van der Waals surface area (Å²) in [6, 6.07) is 12.0.